The molecule has 1 aromatic rings. The normalized spacial score (nSPS) is 20.6. The summed E-state index contributed by atoms with van der Waals surface area (Å²) in [6, 6.07) is 0. The van der Waals surface area contributed by atoms with Crippen LogP contribution in [0, 0.1) is 5.92 Å². The second-order valence-electron chi connectivity index (χ2n) is 5.22. The molecule has 0 radical (unpaired) electrons. The minimum Gasteiger partial charge on any atom is -0.481 e. The van der Waals surface area contributed by atoms with E-state index in [9.17, 15) is 4.79 Å². The van der Waals surface area contributed by atoms with Gasteiger partial charge in [-0.3, -0.25) is 4.79 Å². The van der Waals surface area contributed by atoms with Crippen molar-refractivity contribution in [1.29, 1.82) is 0 Å². The standard InChI is InChI=1S/C14H22N2O2S/c1-2-16-7-3-4-11(10-16)8-13-15-9-12(19-13)5-6-14(17)18/h9,11H,2-8,10H2,1H3,(H,17,18). The lowest BCUT2D eigenvalue weighted by Crippen LogP contribution is -2.35. The lowest BCUT2D eigenvalue weighted by atomic mass is 9.95. The third kappa shape index (κ3) is 4.58. The number of aliphatic carboxylic acids is 1. The van der Waals surface area contributed by atoms with E-state index >= 15 is 0 Å². The first-order chi connectivity index (χ1) is 9.17. The van der Waals surface area contributed by atoms with Crippen molar-refractivity contribution in [3.05, 3.63) is 16.1 Å². The van der Waals surface area contributed by atoms with Crippen LogP contribution < -0.4 is 0 Å². The van der Waals surface area contributed by atoms with Crippen LogP contribution in [0.5, 0.6) is 0 Å². The molecule has 19 heavy (non-hydrogen) atoms. The van der Waals surface area contributed by atoms with Gasteiger partial charge in [-0.15, -0.1) is 11.3 Å². The van der Waals surface area contributed by atoms with Crippen LogP contribution in [0.15, 0.2) is 6.20 Å². The highest BCUT2D eigenvalue weighted by molar-refractivity contribution is 7.11. The molecule has 2 rings (SSSR count). The van der Waals surface area contributed by atoms with Crippen LogP contribution in [-0.2, 0) is 17.6 Å². The van der Waals surface area contributed by atoms with Gasteiger partial charge in [-0.05, 0) is 38.3 Å². The summed E-state index contributed by atoms with van der Waals surface area (Å²) in [7, 11) is 0. The average Bonchev–Trinajstić information content (AvgIpc) is 2.84. The van der Waals surface area contributed by atoms with Crippen molar-refractivity contribution >= 4 is 17.3 Å². The van der Waals surface area contributed by atoms with Crippen LogP contribution in [0.1, 0.15) is 36.1 Å². The monoisotopic (exact) mass is 282 g/mol. The van der Waals surface area contributed by atoms with Crippen molar-refractivity contribution in [1.82, 2.24) is 9.88 Å². The first-order valence-corrected chi connectivity index (χ1v) is 7.86. The zero-order valence-electron chi connectivity index (χ0n) is 11.5. The number of rotatable bonds is 6. The first-order valence-electron chi connectivity index (χ1n) is 7.05. The Morgan fingerprint density at radius 2 is 2.47 bits per heavy atom. The first kappa shape index (κ1) is 14.5. The molecule has 1 aromatic heterocycles. The van der Waals surface area contributed by atoms with Gasteiger partial charge in [0.25, 0.3) is 0 Å². The summed E-state index contributed by atoms with van der Waals surface area (Å²) < 4.78 is 0. The molecular weight excluding hydrogens is 260 g/mol. The molecule has 4 nitrogen and oxygen atoms in total. The molecule has 1 aliphatic rings. The summed E-state index contributed by atoms with van der Waals surface area (Å²) in [4.78, 5) is 18.6. The smallest absolute Gasteiger partial charge is 0.303 e. The Bertz CT molecular complexity index is 419. The summed E-state index contributed by atoms with van der Waals surface area (Å²) in [6.07, 6.45) is 6.29. The molecule has 0 aromatic carbocycles. The Kier molecular flexibility index (Phi) is 5.34. The van der Waals surface area contributed by atoms with Gasteiger partial charge in [0.05, 0.1) is 11.4 Å². The molecule has 5 heteroatoms. The number of piperidine rings is 1. The second kappa shape index (κ2) is 7.01. The fraction of sp³-hybridized carbons (Fsp3) is 0.714. The van der Waals surface area contributed by atoms with E-state index in [1.165, 1.54) is 30.9 Å². The van der Waals surface area contributed by atoms with Gasteiger partial charge in [-0.1, -0.05) is 6.92 Å². The van der Waals surface area contributed by atoms with Gasteiger partial charge in [0.15, 0.2) is 0 Å². The minimum absolute atomic E-state index is 0.203. The Hall–Kier alpha value is -0.940. The third-order valence-electron chi connectivity index (χ3n) is 3.70. The Balaban J connectivity index is 1.83. The van der Waals surface area contributed by atoms with E-state index < -0.39 is 5.97 Å². The Labute approximate surface area is 118 Å². The molecule has 106 valence electrons. The molecule has 1 fully saturated rings. The summed E-state index contributed by atoms with van der Waals surface area (Å²) >= 11 is 1.68. The molecule has 0 amide bonds. The van der Waals surface area contributed by atoms with Gasteiger partial charge < -0.3 is 10.0 Å². The van der Waals surface area contributed by atoms with Gasteiger partial charge in [0.2, 0.25) is 0 Å². The maximum atomic E-state index is 10.5. The average molecular weight is 282 g/mol. The van der Waals surface area contributed by atoms with Gasteiger partial charge in [0, 0.05) is 24.0 Å². The number of hydrogen-bond donors (Lipinski definition) is 1. The van der Waals surface area contributed by atoms with Gasteiger partial charge >= 0.3 is 5.97 Å². The summed E-state index contributed by atoms with van der Waals surface area (Å²) in [6.45, 7) is 5.77. The number of carboxylic acid groups (broad SMARTS) is 1. The Morgan fingerprint density at radius 1 is 1.63 bits per heavy atom. The fourth-order valence-corrected chi connectivity index (χ4v) is 3.68. The van der Waals surface area contributed by atoms with Crippen molar-refractivity contribution in [2.24, 2.45) is 5.92 Å². The lowest BCUT2D eigenvalue weighted by Gasteiger charge is -2.31. The van der Waals surface area contributed by atoms with Crippen molar-refractivity contribution in [3.63, 3.8) is 0 Å². The number of hydrogen-bond acceptors (Lipinski definition) is 4. The molecule has 1 atom stereocenters. The highest BCUT2D eigenvalue weighted by Crippen LogP contribution is 2.23. The zero-order chi connectivity index (χ0) is 13.7. The maximum absolute atomic E-state index is 10.5. The van der Waals surface area contributed by atoms with Crippen LogP contribution in [0.2, 0.25) is 0 Å². The largest absolute Gasteiger partial charge is 0.481 e. The van der Waals surface area contributed by atoms with E-state index in [0.29, 0.717) is 12.3 Å². The van der Waals surface area contributed by atoms with Crippen LogP contribution in [-0.4, -0.2) is 40.6 Å². The Morgan fingerprint density at radius 3 is 3.21 bits per heavy atom. The van der Waals surface area contributed by atoms with Gasteiger partial charge in [0.1, 0.15) is 0 Å². The molecule has 0 aliphatic carbocycles. The second-order valence-corrected chi connectivity index (χ2v) is 6.42. The molecule has 1 saturated heterocycles. The number of aryl methyl sites for hydroxylation is 1. The number of thiazole rings is 1. The SMILES string of the molecule is CCN1CCCC(Cc2ncc(CCC(=O)O)s2)C1. The topological polar surface area (TPSA) is 53.4 Å². The van der Waals surface area contributed by atoms with E-state index in [2.05, 4.69) is 16.8 Å². The lowest BCUT2D eigenvalue weighted by molar-refractivity contribution is -0.136. The molecule has 0 bridgehead atoms. The van der Waals surface area contributed by atoms with E-state index in [1.807, 2.05) is 6.20 Å². The van der Waals surface area contributed by atoms with E-state index in [-0.39, 0.29) is 6.42 Å². The summed E-state index contributed by atoms with van der Waals surface area (Å²) in [5, 5.41) is 9.85. The quantitative estimate of drug-likeness (QED) is 0.870. The number of likely N-dealkylation sites (tertiary alicyclic amines) is 1. The third-order valence-corrected chi connectivity index (χ3v) is 4.78. The van der Waals surface area contributed by atoms with Gasteiger partial charge in [-0.25, -0.2) is 4.98 Å². The van der Waals surface area contributed by atoms with Crippen LogP contribution in [0.4, 0.5) is 0 Å². The summed E-state index contributed by atoms with van der Waals surface area (Å²) in [5.74, 6) is -0.0204. The minimum atomic E-state index is -0.735. The number of carbonyl (C=O) groups is 1. The van der Waals surface area contributed by atoms with E-state index in [0.717, 1.165) is 17.8 Å². The fourth-order valence-electron chi connectivity index (χ4n) is 2.64. The number of carboxylic acids is 1. The molecule has 0 spiro atoms. The van der Waals surface area contributed by atoms with Crippen molar-refractivity contribution in [2.45, 2.75) is 39.0 Å². The highest BCUT2D eigenvalue weighted by atomic mass is 32.1. The predicted octanol–water partition coefficient (Wildman–Crippen LogP) is 2.43. The van der Waals surface area contributed by atoms with E-state index in [4.69, 9.17) is 5.11 Å². The maximum Gasteiger partial charge on any atom is 0.303 e. The molecule has 1 aliphatic heterocycles. The van der Waals surface area contributed by atoms with Crippen LogP contribution in [0.3, 0.4) is 0 Å². The zero-order valence-corrected chi connectivity index (χ0v) is 12.3. The van der Waals surface area contributed by atoms with Gasteiger partial charge in [-0.2, -0.15) is 0 Å². The van der Waals surface area contributed by atoms with Crippen molar-refractivity contribution < 1.29 is 9.90 Å². The molecule has 1 unspecified atom stereocenters. The van der Waals surface area contributed by atoms with E-state index in [1.54, 1.807) is 11.3 Å². The molecule has 1 N–H and O–H groups in total. The molecular formula is C14H22N2O2S. The van der Waals surface area contributed by atoms with Crippen molar-refractivity contribution in [2.75, 3.05) is 19.6 Å². The number of aromatic nitrogens is 1. The predicted molar refractivity (Wildman–Crippen MR) is 76.6 cm³/mol. The van der Waals surface area contributed by atoms with Crippen LogP contribution in [0.25, 0.3) is 0 Å². The highest BCUT2D eigenvalue weighted by Gasteiger charge is 2.20. The molecule has 2 heterocycles. The summed E-state index contributed by atoms with van der Waals surface area (Å²) in [5.41, 5.74) is 0. The molecule has 0 saturated carbocycles. The van der Waals surface area contributed by atoms with Crippen LogP contribution >= 0.6 is 11.3 Å². The number of nitrogens with zero attached hydrogens (tertiary/aromatic N) is 2. The van der Waals surface area contributed by atoms with Crippen molar-refractivity contribution in [3.8, 4) is 0 Å².